The third kappa shape index (κ3) is 2.43. The Morgan fingerprint density at radius 2 is 2.30 bits per heavy atom. The van der Waals surface area contributed by atoms with Gasteiger partial charge in [0.25, 0.3) is 0 Å². The zero-order valence-electron chi connectivity index (χ0n) is 6.05. The summed E-state index contributed by atoms with van der Waals surface area (Å²) >= 11 is 0. The molecule has 0 saturated carbocycles. The minimum Gasteiger partial charge on any atom is -0.352 e. The Labute approximate surface area is 58.9 Å². The molecule has 2 amide bonds. The first kappa shape index (κ1) is 8.87. The fraction of sp³-hybridized carbons (Fsp3) is 0.800. The van der Waals surface area contributed by atoms with Crippen LogP contribution in [0.2, 0.25) is 0 Å². The zero-order chi connectivity index (χ0) is 8.20. The van der Waals surface area contributed by atoms with Crippen molar-refractivity contribution in [1.82, 2.24) is 5.32 Å². The number of hydrogen-bond acceptors (Lipinski definition) is 3. The number of carbonyl (C=O) groups excluding carboxylic acids is 1. The van der Waals surface area contributed by atoms with E-state index in [0.29, 0.717) is 6.42 Å². The predicted molar refractivity (Wildman–Crippen MR) is 37.2 cm³/mol. The lowest BCUT2D eigenvalue weighted by atomic mass is 10.1. The van der Waals surface area contributed by atoms with Gasteiger partial charge in [-0.05, 0) is 18.5 Å². The van der Waals surface area contributed by atoms with Crippen LogP contribution >= 0.6 is 0 Å². The molecular weight excluding hydrogens is 134 g/mol. The Bertz CT molecular complexity index is 148. The van der Waals surface area contributed by atoms with Crippen LogP contribution in [0.5, 0.6) is 0 Å². The number of amides is 2. The van der Waals surface area contributed by atoms with E-state index in [1.165, 1.54) is 6.92 Å². The number of hydrogen-bond donors (Lipinski definition) is 2. The largest absolute Gasteiger partial charge is 0.352 e. The number of rotatable bonds is 3. The van der Waals surface area contributed by atoms with Gasteiger partial charge in [-0.1, -0.05) is 6.92 Å². The maximum absolute atomic E-state index is 10.2. The predicted octanol–water partition coefficient (Wildman–Crippen LogP) is 0.547. The molecule has 5 nitrogen and oxygen atoms in total. The smallest absolute Gasteiger partial charge is 0.314 e. The Morgan fingerprint density at radius 1 is 1.80 bits per heavy atom. The molecule has 0 heterocycles. The quantitative estimate of drug-likeness (QED) is 0.568. The molecule has 5 heteroatoms. The molecule has 58 valence electrons. The Morgan fingerprint density at radius 3 is 2.40 bits per heavy atom. The SMILES string of the molecule is CCC(C)(N=O)NC(N)=O. The van der Waals surface area contributed by atoms with E-state index in [0.717, 1.165) is 0 Å². The van der Waals surface area contributed by atoms with E-state index < -0.39 is 11.7 Å². The topological polar surface area (TPSA) is 84.6 Å². The fourth-order valence-corrected chi connectivity index (χ4v) is 0.441. The van der Waals surface area contributed by atoms with Gasteiger partial charge in [0.2, 0.25) is 0 Å². The van der Waals surface area contributed by atoms with Crippen molar-refractivity contribution in [3.05, 3.63) is 4.91 Å². The van der Waals surface area contributed by atoms with Crippen molar-refractivity contribution in [3.8, 4) is 0 Å². The molecule has 0 saturated heterocycles. The van der Waals surface area contributed by atoms with Crippen molar-refractivity contribution in [2.45, 2.75) is 25.9 Å². The number of urea groups is 1. The second-order valence-corrected chi connectivity index (χ2v) is 2.21. The van der Waals surface area contributed by atoms with E-state index in [1.807, 2.05) is 0 Å². The third-order valence-electron chi connectivity index (χ3n) is 1.28. The van der Waals surface area contributed by atoms with Crippen LogP contribution in [0.4, 0.5) is 4.79 Å². The first-order valence-electron chi connectivity index (χ1n) is 2.96. The summed E-state index contributed by atoms with van der Waals surface area (Å²) in [6.45, 7) is 3.24. The van der Waals surface area contributed by atoms with Gasteiger partial charge >= 0.3 is 6.03 Å². The summed E-state index contributed by atoms with van der Waals surface area (Å²) in [5.41, 5.74) is 3.73. The molecule has 0 aromatic rings. The minimum atomic E-state index is -1.05. The highest BCUT2D eigenvalue weighted by Gasteiger charge is 2.23. The number of nitroso groups, excluding NO2 is 1. The Hall–Kier alpha value is -1.13. The molecule has 0 aromatic heterocycles. The monoisotopic (exact) mass is 145 g/mol. The van der Waals surface area contributed by atoms with Crippen LogP contribution in [0.3, 0.4) is 0 Å². The van der Waals surface area contributed by atoms with Gasteiger partial charge in [-0.2, -0.15) is 0 Å². The van der Waals surface area contributed by atoms with Crippen LogP contribution in [0.25, 0.3) is 0 Å². The van der Waals surface area contributed by atoms with Gasteiger partial charge in [-0.3, -0.25) is 0 Å². The van der Waals surface area contributed by atoms with Crippen molar-refractivity contribution in [2.75, 3.05) is 0 Å². The molecule has 0 bridgehead atoms. The molecular formula is C5H11N3O2. The molecule has 1 unspecified atom stereocenters. The Kier molecular flexibility index (Phi) is 2.79. The van der Waals surface area contributed by atoms with Crippen LogP contribution < -0.4 is 11.1 Å². The van der Waals surface area contributed by atoms with Gasteiger partial charge in [-0.25, -0.2) is 4.79 Å². The highest BCUT2D eigenvalue weighted by Crippen LogP contribution is 2.08. The van der Waals surface area contributed by atoms with Crippen LogP contribution in [0.1, 0.15) is 20.3 Å². The molecule has 0 radical (unpaired) electrons. The summed E-state index contributed by atoms with van der Waals surface area (Å²) in [5, 5.41) is 4.93. The maximum atomic E-state index is 10.2. The van der Waals surface area contributed by atoms with Gasteiger partial charge in [0, 0.05) is 0 Å². The molecule has 0 rings (SSSR count). The van der Waals surface area contributed by atoms with Crippen molar-refractivity contribution in [2.24, 2.45) is 10.9 Å². The van der Waals surface area contributed by atoms with Gasteiger partial charge in [-0.15, -0.1) is 4.91 Å². The molecule has 1 atom stereocenters. The highest BCUT2D eigenvalue weighted by molar-refractivity contribution is 5.72. The average molecular weight is 145 g/mol. The molecule has 0 spiro atoms. The second kappa shape index (κ2) is 3.14. The normalized spacial score (nSPS) is 15.4. The van der Waals surface area contributed by atoms with Crippen LogP contribution in [0.15, 0.2) is 5.18 Å². The summed E-state index contributed by atoms with van der Waals surface area (Å²) in [7, 11) is 0. The van der Waals surface area contributed by atoms with Gasteiger partial charge in [0.1, 0.15) is 0 Å². The lowest BCUT2D eigenvalue weighted by molar-refractivity contribution is 0.235. The number of nitrogens with two attached hydrogens (primary N) is 1. The van der Waals surface area contributed by atoms with Crippen LogP contribution in [0, 0.1) is 4.91 Å². The van der Waals surface area contributed by atoms with Crippen LogP contribution in [-0.4, -0.2) is 11.7 Å². The van der Waals surface area contributed by atoms with Gasteiger partial charge in [0.15, 0.2) is 5.66 Å². The van der Waals surface area contributed by atoms with Crippen molar-refractivity contribution >= 4 is 6.03 Å². The average Bonchev–Trinajstić information content (AvgIpc) is 1.87. The molecule has 0 aliphatic heterocycles. The van der Waals surface area contributed by atoms with Gasteiger partial charge in [0.05, 0.1) is 0 Å². The second-order valence-electron chi connectivity index (χ2n) is 2.21. The first-order chi connectivity index (χ1) is 4.54. The fourth-order valence-electron chi connectivity index (χ4n) is 0.441. The zero-order valence-corrected chi connectivity index (χ0v) is 6.05. The summed E-state index contributed by atoms with van der Waals surface area (Å²) in [5.74, 6) is 0. The summed E-state index contributed by atoms with van der Waals surface area (Å²) < 4.78 is 0. The third-order valence-corrected chi connectivity index (χ3v) is 1.28. The summed E-state index contributed by atoms with van der Waals surface area (Å²) in [6, 6.07) is -0.732. The molecule has 10 heavy (non-hydrogen) atoms. The molecule has 3 N–H and O–H groups in total. The van der Waals surface area contributed by atoms with Crippen molar-refractivity contribution in [3.63, 3.8) is 0 Å². The first-order valence-corrected chi connectivity index (χ1v) is 2.96. The number of primary amides is 1. The number of nitrogens with zero attached hydrogens (tertiary/aromatic N) is 1. The number of nitrogens with one attached hydrogen (secondary N) is 1. The molecule has 0 aromatic carbocycles. The van der Waals surface area contributed by atoms with Crippen molar-refractivity contribution in [1.29, 1.82) is 0 Å². The van der Waals surface area contributed by atoms with Gasteiger partial charge < -0.3 is 11.1 Å². The highest BCUT2D eigenvalue weighted by atomic mass is 16.3. The van der Waals surface area contributed by atoms with E-state index in [9.17, 15) is 9.70 Å². The molecule has 0 aliphatic carbocycles. The standard InChI is InChI=1S/C5H11N3O2/c1-3-5(2,8-10)7-4(6)9/h3H2,1-2H3,(H3,6,7,9). The van der Waals surface area contributed by atoms with E-state index in [-0.39, 0.29) is 0 Å². The van der Waals surface area contributed by atoms with E-state index >= 15 is 0 Å². The van der Waals surface area contributed by atoms with E-state index in [1.54, 1.807) is 6.92 Å². The van der Waals surface area contributed by atoms with Crippen molar-refractivity contribution < 1.29 is 4.79 Å². The summed E-state index contributed by atoms with van der Waals surface area (Å²) in [4.78, 5) is 20.3. The molecule has 0 aliphatic rings. The van der Waals surface area contributed by atoms with Crippen LogP contribution in [-0.2, 0) is 0 Å². The maximum Gasteiger partial charge on any atom is 0.314 e. The Balaban J connectivity index is 4.05. The minimum absolute atomic E-state index is 0.430. The van der Waals surface area contributed by atoms with E-state index in [2.05, 4.69) is 10.5 Å². The lowest BCUT2D eigenvalue weighted by Gasteiger charge is -2.18. The van der Waals surface area contributed by atoms with E-state index in [4.69, 9.17) is 5.73 Å². The lowest BCUT2D eigenvalue weighted by Crippen LogP contribution is -2.46. The number of carbonyl (C=O) groups is 1. The summed E-state index contributed by atoms with van der Waals surface area (Å²) in [6.07, 6.45) is 0.430. The molecule has 0 fully saturated rings.